The summed E-state index contributed by atoms with van der Waals surface area (Å²) < 4.78 is 11.0. The van der Waals surface area contributed by atoms with Crippen molar-refractivity contribution in [3.8, 4) is 22.9 Å². The van der Waals surface area contributed by atoms with Gasteiger partial charge in [0.15, 0.2) is 4.34 Å². The maximum atomic E-state index is 11.2. The summed E-state index contributed by atoms with van der Waals surface area (Å²) in [5.74, 6) is -0.0549. The van der Waals surface area contributed by atoms with Crippen LogP contribution in [-0.2, 0) is 11.2 Å². The molecule has 2 aromatic heterocycles. The molecule has 0 saturated heterocycles. The van der Waals surface area contributed by atoms with Gasteiger partial charge >= 0.3 is 12.0 Å². The van der Waals surface area contributed by atoms with Crippen molar-refractivity contribution in [2.24, 2.45) is 0 Å². The number of rotatable bonds is 10. The first kappa shape index (κ1) is 22.0. The number of carboxylic acids is 1. The van der Waals surface area contributed by atoms with E-state index < -0.39 is 10.7 Å². The van der Waals surface area contributed by atoms with Gasteiger partial charge in [-0.05, 0) is 38.5 Å². The zero-order valence-corrected chi connectivity index (χ0v) is 18.6. The number of nitrogens with zero attached hydrogens (tertiary/aromatic N) is 3. The predicted octanol–water partition coefficient (Wildman–Crippen LogP) is 4.58. The Morgan fingerprint density at radius 2 is 1.97 bits per heavy atom. The van der Waals surface area contributed by atoms with Crippen molar-refractivity contribution >= 4 is 29.1 Å². The lowest BCUT2D eigenvalue weighted by atomic mass is 10.1. The zero-order valence-electron chi connectivity index (χ0n) is 17.0. The summed E-state index contributed by atoms with van der Waals surface area (Å²) in [6.45, 7) is 6.28. The van der Waals surface area contributed by atoms with Crippen LogP contribution in [0.15, 0.2) is 46.4 Å². The quantitative estimate of drug-likeness (QED) is 0.453. The number of aromatic nitrogens is 3. The number of hydrogen-bond acceptors (Lipinski definition) is 8. The number of benzene rings is 1. The molecule has 0 spiro atoms. The molecule has 158 valence electrons. The Kier molecular flexibility index (Phi) is 7.28. The minimum absolute atomic E-state index is 0.302. The van der Waals surface area contributed by atoms with E-state index in [1.54, 1.807) is 26.2 Å². The molecule has 0 aliphatic rings. The van der Waals surface area contributed by atoms with E-state index >= 15 is 0 Å². The van der Waals surface area contributed by atoms with E-state index in [2.05, 4.69) is 15.0 Å². The molecule has 0 aliphatic heterocycles. The molecular formula is C21H23N3O4S2. The van der Waals surface area contributed by atoms with Crippen molar-refractivity contribution in [1.29, 1.82) is 0 Å². The van der Waals surface area contributed by atoms with E-state index in [9.17, 15) is 9.90 Å². The monoisotopic (exact) mass is 445 g/mol. The van der Waals surface area contributed by atoms with Gasteiger partial charge in [-0.1, -0.05) is 23.9 Å². The molecule has 2 heterocycles. The van der Waals surface area contributed by atoms with E-state index in [1.807, 2.05) is 36.6 Å². The van der Waals surface area contributed by atoms with E-state index in [-0.39, 0.29) is 0 Å². The fourth-order valence-electron chi connectivity index (χ4n) is 2.43. The molecule has 3 rings (SSSR count). The highest BCUT2D eigenvalue weighted by Gasteiger charge is 2.29. The topological polar surface area (TPSA) is 94.4 Å². The highest BCUT2D eigenvalue weighted by atomic mass is 32.2. The Morgan fingerprint density at radius 3 is 2.67 bits per heavy atom. The molecule has 7 nitrogen and oxygen atoms in total. The number of thiazole rings is 1. The van der Waals surface area contributed by atoms with Gasteiger partial charge in [0.2, 0.25) is 0 Å². The lowest BCUT2D eigenvalue weighted by Gasteiger charge is -2.15. The summed E-state index contributed by atoms with van der Waals surface area (Å²) in [5, 5.41) is 11.1. The Hall–Kier alpha value is -2.65. The minimum Gasteiger partial charge on any atom is -0.494 e. The average molecular weight is 446 g/mol. The molecule has 9 heteroatoms. The number of thioether (sulfide) groups is 1. The third-order valence-electron chi connectivity index (χ3n) is 4.08. The third-order valence-corrected chi connectivity index (χ3v) is 6.26. The highest BCUT2D eigenvalue weighted by molar-refractivity contribution is 8.02. The standard InChI is InChI=1S/C21H23N3O4S2/c1-4-27-17-7-5-6-14(10-17)15-11-22-19(23-12-15)28-9-8-16-13-29-20(24-16)30-21(2,3)18(25)26/h5-7,10-13H,4,8-9H2,1-3H3,(H,25,26). The van der Waals surface area contributed by atoms with Gasteiger partial charge in [0.05, 0.1) is 18.9 Å². The zero-order chi connectivity index (χ0) is 21.6. The molecule has 0 bridgehead atoms. The number of ether oxygens (including phenoxy) is 2. The predicted molar refractivity (Wildman–Crippen MR) is 118 cm³/mol. The molecule has 1 aromatic carbocycles. The first-order chi connectivity index (χ1) is 14.4. The van der Waals surface area contributed by atoms with Crippen LogP contribution >= 0.6 is 23.1 Å². The lowest BCUT2D eigenvalue weighted by Crippen LogP contribution is -2.26. The van der Waals surface area contributed by atoms with Crippen molar-refractivity contribution in [1.82, 2.24) is 15.0 Å². The van der Waals surface area contributed by atoms with Crippen LogP contribution in [0.4, 0.5) is 0 Å². The van der Waals surface area contributed by atoms with Crippen molar-refractivity contribution in [3.63, 3.8) is 0 Å². The van der Waals surface area contributed by atoms with Gasteiger partial charge in [-0.3, -0.25) is 4.79 Å². The van der Waals surface area contributed by atoms with Crippen molar-refractivity contribution in [2.75, 3.05) is 13.2 Å². The molecule has 0 saturated carbocycles. The van der Waals surface area contributed by atoms with Crippen molar-refractivity contribution in [3.05, 3.63) is 47.7 Å². The highest BCUT2D eigenvalue weighted by Crippen LogP contribution is 2.34. The van der Waals surface area contributed by atoms with Crippen LogP contribution in [-0.4, -0.2) is 44.0 Å². The molecular weight excluding hydrogens is 422 g/mol. The lowest BCUT2D eigenvalue weighted by molar-refractivity contribution is -0.138. The van der Waals surface area contributed by atoms with Gasteiger partial charge < -0.3 is 14.6 Å². The summed E-state index contributed by atoms with van der Waals surface area (Å²) in [7, 11) is 0. The Balaban J connectivity index is 1.52. The number of hydrogen-bond donors (Lipinski definition) is 1. The van der Waals surface area contributed by atoms with Crippen molar-refractivity contribution in [2.45, 2.75) is 36.3 Å². The summed E-state index contributed by atoms with van der Waals surface area (Å²) in [6.07, 6.45) is 4.03. The van der Waals surface area contributed by atoms with Gasteiger partial charge in [0.1, 0.15) is 10.5 Å². The van der Waals surface area contributed by atoms with E-state index in [4.69, 9.17) is 9.47 Å². The van der Waals surface area contributed by atoms with E-state index in [0.717, 1.165) is 26.9 Å². The molecule has 0 fully saturated rings. The fourth-order valence-corrected chi connectivity index (χ4v) is 4.66. The number of carboxylic acid groups (broad SMARTS) is 1. The maximum absolute atomic E-state index is 11.2. The SMILES string of the molecule is CCOc1cccc(-c2cnc(OCCc3csc(SC(C)(C)C(=O)O)n3)nc2)c1. The van der Waals surface area contributed by atoms with E-state index in [1.165, 1.54) is 23.1 Å². The Bertz CT molecular complexity index is 990. The van der Waals surface area contributed by atoms with Crippen LogP contribution < -0.4 is 9.47 Å². The largest absolute Gasteiger partial charge is 0.494 e. The number of aliphatic carboxylic acids is 1. The molecule has 0 aliphatic carbocycles. The van der Waals surface area contributed by atoms with Crippen LogP contribution in [0.1, 0.15) is 26.5 Å². The fraction of sp³-hybridized carbons (Fsp3) is 0.333. The van der Waals surface area contributed by atoms with Crippen LogP contribution in [0, 0.1) is 0 Å². The molecule has 0 unspecified atom stereocenters. The van der Waals surface area contributed by atoms with Gasteiger partial charge in [-0.2, -0.15) is 0 Å². The van der Waals surface area contributed by atoms with Crippen LogP contribution in [0.5, 0.6) is 11.8 Å². The first-order valence-electron chi connectivity index (χ1n) is 9.42. The smallest absolute Gasteiger partial charge is 0.319 e. The maximum Gasteiger partial charge on any atom is 0.319 e. The summed E-state index contributed by atoms with van der Waals surface area (Å²) in [5.41, 5.74) is 2.71. The third kappa shape index (κ3) is 5.93. The van der Waals surface area contributed by atoms with Crippen LogP contribution in [0.25, 0.3) is 11.1 Å². The molecule has 1 N–H and O–H groups in total. The molecule has 0 amide bonds. The molecule has 30 heavy (non-hydrogen) atoms. The first-order valence-corrected chi connectivity index (χ1v) is 11.1. The van der Waals surface area contributed by atoms with Gasteiger partial charge in [-0.15, -0.1) is 11.3 Å². The van der Waals surface area contributed by atoms with Crippen LogP contribution in [0.3, 0.4) is 0 Å². The second-order valence-corrected chi connectivity index (χ2v) is 9.56. The van der Waals surface area contributed by atoms with Gasteiger partial charge in [0.25, 0.3) is 0 Å². The minimum atomic E-state index is -0.913. The van der Waals surface area contributed by atoms with Crippen LogP contribution in [0.2, 0.25) is 0 Å². The molecule has 0 radical (unpaired) electrons. The average Bonchev–Trinajstić information content (AvgIpc) is 3.15. The van der Waals surface area contributed by atoms with Gasteiger partial charge in [0, 0.05) is 29.8 Å². The second kappa shape index (κ2) is 9.90. The normalized spacial score (nSPS) is 11.3. The van der Waals surface area contributed by atoms with Crippen molar-refractivity contribution < 1.29 is 19.4 Å². The second-order valence-electron chi connectivity index (χ2n) is 6.84. The Labute approximate surface area is 183 Å². The van der Waals surface area contributed by atoms with Gasteiger partial charge in [-0.25, -0.2) is 15.0 Å². The number of carbonyl (C=O) groups is 1. The Morgan fingerprint density at radius 1 is 1.20 bits per heavy atom. The molecule has 3 aromatic rings. The summed E-state index contributed by atoms with van der Waals surface area (Å²) >= 11 is 2.68. The van der Waals surface area contributed by atoms with E-state index in [0.29, 0.717) is 25.6 Å². The summed E-state index contributed by atoms with van der Waals surface area (Å²) in [6, 6.07) is 8.08. The molecule has 0 atom stereocenters. The summed E-state index contributed by atoms with van der Waals surface area (Å²) in [4.78, 5) is 24.3.